The molecular formula is C19H32ClN3O3S. The van der Waals surface area contributed by atoms with Gasteiger partial charge >= 0.3 is 0 Å². The first-order valence-corrected chi connectivity index (χ1v) is 11.0. The molecule has 1 amide bonds. The molecule has 8 heteroatoms. The van der Waals surface area contributed by atoms with Crippen LogP contribution in [0.2, 0.25) is 0 Å². The second-order valence-electron chi connectivity index (χ2n) is 6.75. The number of hydrogen-bond acceptors (Lipinski definition) is 4. The highest BCUT2D eigenvalue weighted by atomic mass is 35.5. The first-order chi connectivity index (χ1) is 12.4. The monoisotopic (exact) mass is 417 g/mol. The SMILES string of the molecule is CCc1ccc(S(=O)(=O)N2CCCCC2CNC(=O)CCN)cc1CC.Cl. The molecule has 1 unspecified atom stereocenters. The number of carbonyl (C=O) groups excluding carboxylic acids is 1. The molecule has 1 heterocycles. The Hall–Kier alpha value is -1.15. The van der Waals surface area contributed by atoms with Crippen molar-refractivity contribution in [2.24, 2.45) is 5.73 Å². The third-order valence-electron chi connectivity index (χ3n) is 5.03. The van der Waals surface area contributed by atoms with Crippen LogP contribution in [0.1, 0.15) is 50.7 Å². The average molecular weight is 418 g/mol. The van der Waals surface area contributed by atoms with E-state index in [1.54, 1.807) is 10.4 Å². The van der Waals surface area contributed by atoms with Gasteiger partial charge in [-0.15, -0.1) is 12.4 Å². The Balaban J connectivity index is 0.00000364. The zero-order valence-electron chi connectivity index (χ0n) is 16.2. The van der Waals surface area contributed by atoms with E-state index >= 15 is 0 Å². The normalized spacial score (nSPS) is 18.0. The lowest BCUT2D eigenvalue weighted by Gasteiger charge is -2.35. The Kier molecular flexibility index (Phi) is 9.73. The van der Waals surface area contributed by atoms with Crippen LogP contribution in [-0.4, -0.2) is 44.3 Å². The van der Waals surface area contributed by atoms with Gasteiger partial charge in [0.15, 0.2) is 0 Å². The van der Waals surface area contributed by atoms with E-state index in [0.717, 1.165) is 37.7 Å². The van der Waals surface area contributed by atoms with Gasteiger partial charge in [0, 0.05) is 32.1 Å². The topological polar surface area (TPSA) is 92.5 Å². The molecular weight excluding hydrogens is 386 g/mol. The Morgan fingerprint density at radius 2 is 1.93 bits per heavy atom. The fraction of sp³-hybridized carbons (Fsp3) is 0.632. The van der Waals surface area contributed by atoms with E-state index in [-0.39, 0.29) is 30.8 Å². The van der Waals surface area contributed by atoms with Gasteiger partial charge in [-0.1, -0.05) is 26.3 Å². The number of amides is 1. The number of rotatable bonds is 8. The van der Waals surface area contributed by atoms with Crippen molar-refractivity contribution in [2.45, 2.75) is 63.3 Å². The van der Waals surface area contributed by atoms with E-state index in [0.29, 0.717) is 24.5 Å². The minimum atomic E-state index is -3.57. The van der Waals surface area contributed by atoms with Crippen LogP contribution in [0, 0.1) is 0 Å². The minimum absolute atomic E-state index is 0. The van der Waals surface area contributed by atoms with Crippen LogP contribution in [0.15, 0.2) is 23.1 Å². The Bertz CT molecular complexity index is 725. The summed E-state index contributed by atoms with van der Waals surface area (Å²) in [4.78, 5) is 12.1. The van der Waals surface area contributed by atoms with Gasteiger partial charge in [0.2, 0.25) is 15.9 Å². The predicted octanol–water partition coefficient (Wildman–Crippen LogP) is 2.24. The van der Waals surface area contributed by atoms with Crippen molar-refractivity contribution in [2.75, 3.05) is 19.6 Å². The summed E-state index contributed by atoms with van der Waals surface area (Å²) in [5, 5.41) is 2.82. The van der Waals surface area contributed by atoms with Crippen molar-refractivity contribution >= 4 is 28.3 Å². The molecule has 1 aliphatic rings. The van der Waals surface area contributed by atoms with Gasteiger partial charge in [0.05, 0.1) is 4.90 Å². The van der Waals surface area contributed by atoms with Crippen molar-refractivity contribution in [3.63, 3.8) is 0 Å². The van der Waals surface area contributed by atoms with E-state index in [2.05, 4.69) is 12.2 Å². The zero-order chi connectivity index (χ0) is 19.2. The molecule has 1 fully saturated rings. The maximum Gasteiger partial charge on any atom is 0.243 e. The first-order valence-electron chi connectivity index (χ1n) is 9.54. The molecule has 0 aliphatic carbocycles. The summed E-state index contributed by atoms with van der Waals surface area (Å²) >= 11 is 0. The summed E-state index contributed by atoms with van der Waals surface area (Å²) in [5.41, 5.74) is 7.67. The van der Waals surface area contributed by atoms with Gasteiger partial charge in [-0.3, -0.25) is 4.79 Å². The summed E-state index contributed by atoms with van der Waals surface area (Å²) < 4.78 is 28.0. The van der Waals surface area contributed by atoms with Crippen molar-refractivity contribution in [1.82, 2.24) is 9.62 Å². The number of piperidine rings is 1. The highest BCUT2D eigenvalue weighted by Gasteiger charge is 2.33. The highest BCUT2D eigenvalue weighted by molar-refractivity contribution is 7.89. The maximum absolute atomic E-state index is 13.2. The molecule has 1 atom stereocenters. The number of carbonyl (C=O) groups is 1. The Morgan fingerprint density at radius 3 is 2.56 bits per heavy atom. The summed E-state index contributed by atoms with van der Waals surface area (Å²) in [7, 11) is -3.57. The Labute approximate surface area is 169 Å². The zero-order valence-corrected chi connectivity index (χ0v) is 17.9. The number of nitrogens with one attached hydrogen (secondary N) is 1. The number of hydrogen-bond donors (Lipinski definition) is 2. The molecule has 0 bridgehead atoms. The summed E-state index contributed by atoms with van der Waals surface area (Å²) in [6.07, 6.45) is 4.54. The number of benzene rings is 1. The van der Waals surface area contributed by atoms with Gasteiger partial charge in [-0.2, -0.15) is 4.31 Å². The van der Waals surface area contributed by atoms with E-state index in [9.17, 15) is 13.2 Å². The third-order valence-corrected chi connectivity index (χ3v) is 6.97. The van der Waals surface area contributed by atoms with Crippen molar-refractivity contribution in [1.29, 1.82) is 0 Å². The predicted molar refractivity (Wildman–Crippen MR) is 111 cm³/mol. The maximum atomic E-state index is 13.2. The lowest BCUT2D eigenvalue weighted by Crippen LogP contribution is -2.49. The van der Waals surface area contributed by atoms with Gasteiger partial charge in [0.1, 0.15) is 0 Å². The second kappa shape index (κ2) is 11.0. The van der Waals surface area contributed by atoms with Crippen LogP contribution in [0.3, 0.4) is 0 Å². The molecule has 0 spiro atoms. The first kappa shape index (κ1) is 23.9. The summed E-state index contributed by atoms with van der Waals surface area (Å²) in [6, 6.07) is 5.25. The number of nitrogens with zero attached hydrogens (tertiary/aromatic N) is 1. The third kappa shape index (κ3) is 5.91. The molecule has 1 aliphatic heterocycles. The molecule has 0 saturated carbocycles. The van der Waals surface area contributed by atoms with Crippen molar-refractivity contribution < 1.29 is 13.2 Å². The smallest absolute Gasteiger partial charge is 0.243 e. The van der Waals surface area contributed by atoms with Crippen LogP contribution in [-0.2, 0) is 27.7 Å². The average Bonchev–Trinajstić information content (AvgIpc) is 2.66. The largest absolute Gasteiger partial charge is 0.354 e. The molecule has 3 N–H and O–H groups in total. The minimum Gasteiger partial charge on any atom is -0.354 e. The molecule has 27 heavy (non-hydrogen) atoms. The fourth-order valence-electron chi connectivity index (χ4n) is 3.52. The van der Waals surface area contributed by atoms with Crippen LogP contribution >= 0.6 is 12.4 Å². The summed E-state index contributed by atoms with van der Waals surface area (Å²) in [6.45, 7) is 5.25. The van der Waals surface area contributed by atoms with E-state index in [4.69, 9.17) is 5.73 Å². The number of nitrogens with two attached hydrogens (primary N) is 1. The number of halogens is 1. The number of sulfonamides is 1. The van der Waals surface area contributed by atoms with Crippen LogP contribution in [0.5, 0.6) is 0 Å². The molecule has 0 radical (unpaired) electrons. The van der Waals surface area contributed by atoms with Gasteiger partial charge in [0.25, 0.3) is 0 Å². The van der Waals surface area contributed by atoms with Crippen LogP contribution < -0.4 is 11.1 Å². The van der Waals surface area contributed by atoms with Crippen molar-refractivity contribution in [3.8, 4) is 0 Å². The summed E-state index contributed by atoms with van der Waals surface area (Å²) in [5.74, 6) is -0.129. The quantitative estimate of drug-likeness (QED) is 0.678. The van der Waals surface area contributed by atoms with Crippen molar-refractivity contribution in [3.05, 3.63) is 29.3 Å². The standard InChI is InChI=1S/C19H31N3O3S.ClH/c1-3-15-8-9-18(13-16(15)4-2)26(24,25)22-12-6-5-7-17(22)14-21-19(23)10-11-20;/h8-9,13,17H,3-7,10-12,14,20H2,1-2H3,(H,21,23);1H. The van der Waals surface area contributed by atoms with Crippen LogP contribution in [0.4, 0.5) is 0 Å². The Morgan fingerprint density at radius 1 is 1.22 bits per heavy atom. The molecule has 154 valence electrons. The number of aryl methyl sites for hydroxylation is 2. The van der Waals surface area contributed by atoms with E-state index in [1.807, 2.05) is 19.1 Å². The van der Waals surface area contributed by atoms with E-state index in [1.165, 1.54) is 5.56 Å². The molecule has 6 nitrogen and oxygen atoms in total. The van der Waals surface area contributed by atoms with Gasteiger partial charge in [-0.25, -0.2) is 8.42 Å². The fourth-order valence-corrected chi connectivity index (χ4v) is 5.26. The van der Waals surface area contributed by atoms with Gasteiger partial charge in [-0.05, 0) is 48.9 Å². The molecule has 0 aromatic heterocycles. The van der Waals surface area contributed by atoms with E-state index < -0.39 is 10.0 Å². The van der Waals surface area contributed by atoms with Gasteiger partial charge < -0.3 is 11.1 Å². The molecule has 1 aromatic carbocycles. The highest BCUT2D eigenvalue weighted by Crippen LogP contribution is 2.27. The molecule has 1 aromatic rings. The lowest BCUT2D eigenvalue weighted by molar-refractivity contribution is -0.121. The molecule has 2 rings (SSSR count). The molecule has 1 saturated heterocycles. The second-order valence-corrected chi connectivity index (χ2v) is 8.64. The van der Waals surface area contributed by atoms with Crippen LogP contribution in [0.25, 0.3) is 0 Å². The lowest BCUT2D eigenvalue weighted by atomic mass is 10.0.